The van der Waals surface area contributed by atoms with Crippen LogP contribution in [0.5, 0.6) is 0 Å². The van der Waals surface area contributed by atoms with Crippen LogP contribution in [0.15, 0.2) is 12.2 Å². The number of rotatable bonds is 16. The quantitative estimate of drug-likeness (QED) is 0.138. The standard InChI is InChI=1S/C63H111F2N11O12/c1-25-27-28-39(15)51(77)49-56(81)68-42(26-2)58(83)76(24)50(52(64)65)63(88)71(19)44(30-34(5)6)55(80)69-47(37(11)12)61(86)70(18)43(29-33(3)4)54(79)66-40(16)53(78)67-41(17)57(82)72(20)45(31-35(7)8)59(84)73(21)46(32-36(9)10)60(85)74(22)48(38(13)14)62(87)75(49)23/h25,27,33-52,77H,26,28-32H2,1-24H3,(H,66,79)(H,67,78)(H,68,81)(H,69,80)/b27-25+/t39-,40-,41+,42-,43-,44+,45-,46-,47-,48-,49-,50-,51-/m1/s1. The fourth-order valence-electron chi connectivity index (χ4n) is 11.0. The average Bonchev–Trinajstić information content (AvgIpc) is 2.37. The SMILES string of the molecule is C/C=C/C[C@@H](C)[C@@H](O)[C@@H]1C(=O)N[C@H](CC)C(=O)N(C)[C@H](C(F)F)C(=O)N(C)[C@@H](CC(C)C)C(=O)N[C@H](C(C)C)C(=O)N(C)[C@H](CC(C)C)C(=O)N[C@H](C)C(=O)N[C@@H](C)C(=O)N(C)[C@H](CC(C)C)C(=O)N(C)[C@H](CC(C)C)C(=O)N(C)[C@H](C(C)C)C(=O)N1C. The molecule has 0 bridgehead atoms. The van der Waals surface area contributed by atoms with E-state index in [0.29, 0.717) is 4.90 Å². The Morgan fingerprint density at radius 2 is 0.807 bits per heavy atom. The third-order valence-electron chi connectivity index (χ3n) is 16.5. The molecule has 0 unspecified atom stereocenters. The number of allylic oxidation sites excluding steroid dienone is 2. The van der Waals surface area contributed by atoms with E-state index < -0.39 is 162 Å². The maximum Gasteiger partial charge on any atom is 0.267 e. The molecule has 25 heteroatoms. The van der Waals surface area contributed by atoms with E-state index in [2.05, 4.69) is 21.3 Å². The first-order valence-electron chi connectivity index (χ1n) is 31.2. The van der Waals surface area contributed by atoms with Crippen molar-refractivity contribution >= 4 is 65.0 Å². The van der Waals surface area contributed by atoms with E-state index in [1.54, 1.807) is 67.5 Å². The molecule has 1 fully saturated rings. The molecular weight excluding hydrogens is 1140 g/mol. The number of alkyl halides is 2. The van der Waals surface area contributed by atoms with Crippen LogP contribution in [0.1, 0.15) is 156 Å². The van der Waals surface area contributed by atoms with Gasteiger partial charge < -0.3 is 60.7 Å². The summed E-state index contributed by atoms with van der Waals surface area (Å²) in [5.41, 5.74) is 0. The molecule has 1 saturated heterocycles. The van der Waals surface area contributed by atoms with E-state index in [-0.39, 0.29) is 62.2 Å². The second kappa shape index (κ2) is 35.8. The van der Waals surface area contributed by atoms with E-state index in [1.165, 1.54) is 70.7 Å². The molecule has 88 heavy (non-hydrogen) atoms. The van der Waals surface area contributed by atoms with E-state index in [9.17, 15) is 48.3 Å². The molecule has 0 spiro atoms. The summed E-state index contributed by atoms with van der Waals surface area (Å²) in [6.07, 6.45) is -1.51. The van der Waals surface area contributed by atoms with Gasteiger partial charge >= 0.3 is 0 Å². The number of amides is 11. The molecule has 11 amide bonds. The molecular formula is C63H111F2N11O12. The Morgan fingerprint density at radius 1 is 0.432 bits per heavy atom. The fourth-order valence-corrected chi connectivity index (χ4v) is 11.0. The highest BCUT2D eigenvalue weighted by Gasteiger charge is 2.47. The van der Waals surface area contributed by atoms with Crippen LogP contribution in [-0.4, -0.2) is 233 Å². The Bertz CT molecular complexity index is 2420. The zero-order chi connectivity index (χ0) is 68.4. The molecule has 1 aliphatic heterocycles. The normalized spacial score (nSPS) is 27.3. The number of nitrogens with zero attached hydrogens (tertiary/aromatic N) is 7. The summed E-state index contributed by atoms with van der Waals surface area (Å²) in [6, 6.07) is -16.3. The van der Waals surface area contributed by atoms with Crippen molar-refractivity contribution in [3.05, 3.63) is 12.2 Å². The van der Waals surface area contributed by atoms with Crippen LogP contribution < -0.4 is 21.3 Å². The van der Waals surface area contributed by atoms with Crippen molar-refractivity contribution < 1.29 is 66.6 Å². The molecule has 13 atom stereocenters. The topological polar surface area (TPSA) is 279 Å². The summed E-state index contributed by atoms with van der Waals surface area (Å²) >= 11 is 0. The van der Waals surface area contributed by atoms with Crippen LogP contribution in [0.2, 0.25) is 0 Å². The molecule has 0 radical (unpaired) electrons. The van der Waals surface area contributed by atoms with Gasteiger partial charge in [0.1, 0.15) is 60.4 Å². The Kier molecular flexibility index (Phi) is 32.4. The summed E-state index contributed by atoms with van der Waals surface area (Å²) in [4.78, 5) is 168. The first-order valence-corrected chi connectivity index (χ1v) is 31.2. The lowest BCUT2D eigenvalue weighted by atomic mass is 9.91. The third-order valence-corrected chi connectivity index (χ3v) is 16.5. The molecule has 1 aliphatic rings. The van der Waals surface area contributed by atoms with E-state index in [0.717, 1.165) is 28.8 Å². The maximum absolute atomic E-state index is 15.5. The lowest BCUT2D eigenvalue weighted by Crippen LogP contribution is -2.64. The van der Waals surface area contributed by atoms with Crippen LogP contribution in [-0.2, 0) is 52.7 Å². The summed E-state index contributed by atoms with van der Waals surface area (Å²) in [6.45, 7) is 28.7. The van der Waals surface area contributed by atoms with Crippen LogP contribution >= 0.6 is 0 Å². The van der Waals surface area contributed by atoms with Crippen molar-refractivity contribution in [2.45, 2.75) is 235 Å². The van der Waals surface area contributed by atoms with Gasteiger partial charge in [-0.05, 0) is 101 Å². The highest BCUT2D eigenvalue weighted by molar-refractivity contribution is 6.00. The van der Waals surface area contributed by atoms with Gasteiger partial charge in [0.2, 0.25) is 59.1 Å². The smallest absolute Gasteiger partial charge is 0.267 e. The number of aliphatic hydroxyl groups is 1. The highest BCUT2D eigenvalue weighted by Crippen LogP contribution is 2.26. The zero-order valence-corrected chi connectivity index (χ0v) is 57.3. The molecule has 5 N–H and O–H groups in total. The fraction of sp³-hybridized carbons (Fsp3) is 0.794. The first kappa shape index (κ1) is 79.7. The summed E-state index contributed by atoms with van der Waals surface area (Å²) < 4.78 is 31.0. The van der Waals surface area contributed by atoms with Crippen molar-refractivity contribution in [3.63, 3.8) is 0 Å². The third kappa shape index (κ3) is 21.5. The lowest BCUT2D eigenvalue weighted by Gasteiger charge is -2.41. The molecule has 0 aromatic rings. The minimum absolute atomic E-state index is 0.0869. The number of carbonyl (C=O) groups is 11. The Balaban J connectivity index is 4.46. The molecule has 0 saturated carbocycles. The second-order valence-corrected chi connectivity index (χ2v) is 26.6. The largest absolute Gasteiger partial charge is 0.390 e. The maximum atomic E-state index is 15.5. The summed E-state index contributed by atoms with van der Waals surface area (Å²) in [5, 5.41) is 22.7. The molecule has 0 aliphatic carbocycles. The summed E-state index contributed by atoms with van der Waals surface area (Å²) in [7, 11) is 8.91. The highest BCUT2D eigenvalue weighted by atomic mass is 19.3. The van der Waals surface area contributed by atoms with Gasteiger partial charge in [0.25, 0.3) is 12.3 Å². The van der Waals surface area contributed by atoms with Gasteiger partial charge in [-0.25, -0.2) is 8.78 Å². The number of aliphatic hydroxyl groups excluding tert-OH is 1. The van der Waals surface area contributed by atoms with Gasteiger partial charge in [-0.1, -0.05) is 109 Å². The predicted octanol–water partition coefficient (Wildman–Crippen LogP) is 3.90. The van der Waals surface area contributed by atoms with Gasteiger partial charge in [-0.2, -0.15) is 0 Å². The number of hydrogen-bond donors (Lipinski definition) is 5. The number of carbonyl (C=O) groups excluding carboxylic acids is 11. The average molecular weight is 1250 g/mol. The van der Waals surface area contributed by atoms with Gasteiger partial charge in [0.05, 0.1) is 6.10 Å². The molecule has 1 heterocycles. The minimum atomic E-state index is -3.55. The zero-order valence-electron chi connectivity index (χ0n) is 57.3. The Labute approximate surface area is 523 Å². The lowest BCUT2D eigenvalue weighted by molar-refractivity contribution is -0.158. The number of hydrogen-bond acceptors (Lipinski definition) is 12. The van der Waals surface area contributed by atoms with Crippen LogP contribution in [0.25, 0.3) is 0 Å². The van der Waals surface area contributed by atoms with Gasteiger partial charge in [0.15, 0.2) is 6.04 Å². The summed E-state index contributed by atoms with van der Waals surface area (Å²) in [5.74, 6) is -12.5. The van der Waals surface area contributed by atoms with Crippen LogP contribution in [0.3, 0.4) is 0 Å². The van der Waals surface area contributed by atoms with E-state index >= 15 is 18.4 Å². The molecule has 0 aromatic heterocycles. The monoisotopic (exact) mass is 1250 g/mol. The molecule has 504 valence electrons. The van der Waals surface area contributed by atoms with Crippen LogP contribution in [0.4, 0.5) is 8.78 Å². The number of halogens is 2. The van der Waals surface area contributed by atoms with Gasteiger partial charge in [0, 0.05) is 49.3 Å². The first-order chi connectivity index (χ1) is 40.5. The van der Waals surface area contributed by atoms with E-state index in [1.807, 2.05) is 41.5 Å². The number of likely N-dealkylation sites (N-methyl/N-ethyl adjacent to an activating group) is 7. The van der Waals surface area contributed by atoms with Crippen molar-refractivity contribution in [1.29, 1.82) is 0 Å². The Morgan fingerprint density at radius 3 is 1.23 bits per heavy atom. The molecule has 0 aromatic carbocycles. The minimum Gasteiger partial charge on any atom is -0.390 e. The number of nitrogens with one attached hydrogen (secondary N) is 4. The van der Waals surface area contributed by atoms with Gasteiger partial charge in [-0.3, -0.25) is 52.7 Å². The van der Waals surface area contributed by atoms with Gasteiger partial charge in [-0.15, -0.1) is 0 Å². The molecule has 23 nitrogen and oxygen atoms in total. The molecule has 1 rings (SSSR count). The van der Waals surface area contributed by atoms with Crippen molar-refractivity contribution in [1.82, 2.24) is 55.6 Å². The van der Waals surface area contributed by atoms with Crippen molar-refractivity contribution in [3.8, 4) is 0 Å². The van der Waals surface area contributed by atoms with Crippen molar-refractivity contribution in [2.24, 2.45) is 41.4 Å². The van der Waals surface area contributed by atoms with Crippen LogP contribution in [0, 0.1) is 41.4 Å². The van der Waals surface area contributed by atoms with Crippen molar-refractivity contribution in [2.75, 3.05) is 49.3 Å². The second-order valence-electron chi connectivity index (χ2n) is 26.6. The predicted molar refractivity (Wildman–Crippen MR) is 333 cm³/mol. The Hall–Kier alpha value is -6.27. The van der Waals surface area contributed by atoms with E-state index in [4.69, 9.17) is 0 Å².